The van der Waals surface area contributed by atoms with E-state index in [0.29, 0.717) is 11.0 Å². The molecule has 1 amide bonds. The van der Waals surface area contributed by atoms with Crippen LogP contribution in [0.3, 0.4) is 0 Å². The molecule has 4 nitrogen and oxygen atoms in total. The van der Waals surface area contributed by atoms with E-state index in [2.05, 4.69) is 21.2 Å². The molecule has 20 heavy (non-hydrogen) atoms. The molecule has 0 aromatic heterocycles. The highest BCUT2D eigenvalue weighted by Gasteiger charge is 2.20. The number of rotatable bonds is 6. The molecule has 0 heterocycles. The maximum atomic E-state index is 12.0. The highest BCUT2D eigenvalue weighted by atomic mass is 79.9. The number of carbonyl (C=O) groups excluding carboxylic acids is 1. The number of hydrogen-bond donors (Lipinski definition) is 1. The van der Waals surface area contributed by atoms with Crippen LogP contribution in [-0.2, 0) is 9.05 Å². The Morgan fingerprint density at radius 1 is 1.35 bits per heavy atom. The molecule has 1 aromatic carbocycles. The number of halogens is 2. The number of benzene rings is 1. The minimum atomic E-state index is -3.85. The topological polar surface area (TPSA) is 63.2 Å². The quantitative estimate of drug-likeness (QED) is 0.608. The zero-order chi connectivity index (χ0) is 14.8. The highest BCUT2D eigenvalue weighted by molar-refractivity contribution is 9.10. The van der Waals surface area contributed by atoms with Gasteiger partial charge in [-0.3, -0.25) is 4.79 Å². The average Bonchev–Trinajstić information content (AvgIpc) is 3.16. The Hall–Kier alpha value is -0.590. The van der Waals surface area contributed by atoms with E-state index < -0.39 is 9.05 Å². The summed E-state index contributed by atoms with van der Waals surface area (Å²) in [5.74, 6) is 0.550. The van der Waals surface area contributed by atoms with E-state index >= 15 is 0 Å². The third-order valence-corrected chi connectivity index (χ3v) is 4.98. The average molecular weight is 381 g/mol. The van der Waals surface area contributed by atoms with Crippen molar-refractivity contribution in [2.24, 2.45) is 5.92 Å². The van der Waals surface area contributed by atoms with Crippen LogP contribution < -0.4 is 5.32 Å². The molecule has 7 heteroatoms. The van der Waals surface area contributed by atoms with Crippen molar-refractivity contribution in [3.63, 3.8) is 0 Å². The molecule has 1 aliphatic carbocycles. The normalized spacial score (nSPS) is 15.1. The molecule has 0 spiro atoms. The van der Waals surface area contributed by atoms with Gasteiger partial charge >= 0.3 is 0 Å². The Labute approximate surface area is 131 Å². The molecule has 0 bridgehead atoms. The number of amides is 1. The second-order valence-corrected chi connectivity index (χ2v) is 8.44. The summed E-state index contributed by atoms with van der Waals surface area (Å²) in [4.78, 5) is 11.9. The first-order valence-electron chi connectivity index (χ1n) is 6.40. The van der Waals surface area contributed by atoms with E-state index in [1.165, 1.54) is 25.0 Å². The van der Waals surface area contributed by atoms with Crippen LogP contribution in [0.5, 0.6) is 0 Å². The summed E-state index contributed by atoms with van der Waals surface area (Å²) >= 11 is 3.18. The van der Waals surface area contributed by atoms with Crippen molar-refractivity contribution in [1.29, 1.82) is 0 Å². The fraction of sp³-hybridized carbons (Fsp3) is 0.462. The molecule has 1 saturated carbocycles. The second-order valence-electron chi connectivity index (χ2n) is 4.95. The molecule has 1 fully saturated rings. The predicted molar refractivity (Wildman–Crippen MR) is 81.5 cm³/mol. The van der Waals surface area contributed by atoms with E-state index in [1.54, 1.807) is 6.07 Å². The number of nitrogens with one attached hydrogen (secondary N) is 1. The number of carbonyl (C=O) groups is 1. The van der Waals surface area contributed by atoms with E-state index in [9.17, 15) is 13.2 Å². The molecule has 1 aliphatic rings. The molecule has 2 rings (SSSR count). The lowest BCUT2D eigenvalue weighted by molar-refractivity contribution is 0.0952. The Bertz CT molecular complexity index is 614. The second kappa shape index (κ2) is 6.45. The van der Waals surface area contributed by atoms with Gasteiger partial charge in [0.1, 0.15) is 0 Å². The first-order valence-corrected chi connectivity index (χ1v) is 9.50. The largest absolute Gasteiger partial charge is 0.352 e. The summed E-state index contributed by atoms with van der Waals surface area (Å²) in [5.41, 5.74) is 0.282. The number of hydrogen-bond acceptors (Lipinski definition) is 3. The van der Waals surface area contributed by atoms with Crippen LogP contribution in [0.2, 0.25) is 0 Å². The summed E-state index contributed by atoms with van der Waals surface area (Å²) in [6.07, 6.45) is 4.69. The van der Waals surface area contributed by atoms with Gasteiger partial charge in [0.25, 0.3) is 15.0 Å². The van der Waals surface area contributed by atoms with Gasteiger partial charge in [-0.25, -0.2) is 8.42 Å². The van der Waals surface area contributed by atoms with Gasteiger partial charge in [0, 0.05) is 27.3 Å². The van der Waals surface area contributed by atoms with Crippen LogP contribution in [-0.4, -0.2) is 20.9 Å². The Kier molecular flexibility index (Phi) is 5.09. The zero-order valence-corrected chi connectivity index (χ0v) is 13.9. The van der Waals surface area contributed by atoms with Crippen LogP contribution in [0, 0.1) is 5.92 Å². The smallest absolute Gasteiger partial charge is 0.261 e. The standard InChI is InChI=1S/C13H15BrClNO3S/c14-11-6-10(7-12(8-11)20(15,18)19)13(17)16-5-1-2-9-3-4-9/h6-9H,1-5H2,(H,16,17). The SMILES string of the molecule is O=C(NCCCC1CC1)c1cc(Br)cc(S(=O)(=O)Cl)c1. The molecule has 0 saturated heterocycles. The van der Waals surface area contributed by atoms with Gasteiger partial charge in [0.15, 0.2) is 0 Å². The molecule has 110 valence electrons. The molecular weight excluding hydrogens is 366 g/mol. The Morgan fingerprint density at radius 2 is 2.05 bits per heavy atom. The minimum absolute atomic E-state index is 0.0864. The van der Waals surface area contributed by atoms with Crippen molar-refractivity contribution < 1.29 is 13.2 Å². The lowest BCUT2D eigenvalue weighted by atomic mass is 10.2. The molecule has 0 atom stereocenters. The first-order chi connectivity index (χ1) is 9.36. The van der Waals surface area contributed by atoms with E-state index in [0.717, 1.165) is 18.8 Å². The first kappa shape index (κ1) is 15.8. The van der Waals surface area contributed by atoms with Crippen molar-refractivity contribution in [3.8, 4) is 0 Å². The molecule has 0 radical (unpaired) electrons. The van der Waals surface area contributed by atoms with Crippen molar-refractivity contribution in [2.45, 2.75) is 30.6 Å². The van der Waals surface area contributed by atoms with E-state index in [1.807, 2.05) is 0 Å². The van der Waals surface area contributed by atoms with Crippen LogP contribution in [0.15, 0.2) is 27.6 Å². The Balaban J connectivity index is 1.99. The maximum absolute atomic E-state index is 12.0. The molecule has 0 unspecified atom stereocenters. The third-order valence-electron chi connectivity index (χ3n) is 3.19. The van der Waals surface area contributed by atoms with Gasteiger partial charge in [-0.05, 0) is 37.0 Å². The summed E-state index contributed by atoms with van der Waals surface area (Å²) in [5, 5.41) is 2.79. The highest BCUT2D eigenvalue weighted by Crippen LogP contribution is 2.33. The van der Waals surface area contributed by atoms with Crippen molar-refractivity contribution in [2.75, 3.05) is 6.54 Å². The van der Waals surface area contributed by atoms with Crippen molar-refractivity contribution >= 4 is 41.6 Å². The molecule has 1 N–H and O–H groups in total. The van der Waals surface area contributed by atoms with Crippen LogP contribution >= 0.6 is 26.6 Å². The zero-order valence-electron chi connectivity index (χ0n) is 10.7. The third kappa shape index (κ3) is 4.75. The predicted octanol–water partition coefficient (Wildman–Crippen LogP) is 3.30. The van der Waals surface area contributed by atoms with Crippen molar-refractivity contribution in [1.82, 2.24) is 5.32 Å². The van der Waals surface area contributed by atoms with Gasteiger partial charge in [0.2, 0.25) is 0 Å². The lowest BCUT2D eigenvalue weighted by Gasteiger charge is -2.07. The minimum Gasteiger partial charge on any atom is -0.352 e. The lowest BCUT2D eigenvalue weighted by Crippen LogP contribution is -2.24. The van der Waals surface area contributed by atoms with Crippen LogP contribution in [0.25, 0.3) is 0 Å². The molecular formula is C13H15BrClNO3S. The van der Waals surface area contributed by atoms with Crippen molar-refractivity contribution in [3.05, 3.63) is 28.2 Å². The molecule has 1 aromatic rings. The maximum Gasteiger partial charge on any atom is 0.261 e. The Morgan fingerprint density at radius 3 is 2.65 bits per heavy atom. The monoisotopic (exact) mass is 379 g/mol. The summed E-state index contributed by atoms with van der Waals surface area (Å²) in [6.45, 7) is 0.602. The van der Waals surface area contributed by atoms with Gasteiger partial charge in [0.05, 0.1) is 4.90 Å². The fourth-order valence-electron chi connectivity index (χ4n) is 1.94. The van der Waals surface area contributed by atoms with Gasteiger partial charge in [-0.15, -0.1) is 0 Å². The molecule has 0 aliphatic heterocycles. The summed E-state index contributed by atoms with van der Waals surface area (Å²) in [7, 11) is 1.45. The van der Waals surface area contributed by atoms with Crippen LogP contribution in [0.4, 0.5) is 0 Å². The van der Waals surface area contributed by atoms with Gasteiger partial charge < -0.3 is 5.32 Å². The van der Waals surface area contributed by atoms with E-state index in [4.69, 9.17) is 10.7 Å². The van der Waals surface area contributed by atoms with Gasteiger partial charge in [-0.2, -0.15) is 0 Å². The summed E-state index contributed by atoms with van der Waals surface area (Å²) < 4.78 is 23.1. The fourth-order valence-corrected chi connectivity index (χ4v) is 3.38. The van der Waals surface area contributed by atoms with Crippen LogP contribution in [0.1, 0.15) is 36.0 Å². The van der Waals surface area contributed by atoms with E-state index in [-0.39, 0.29) is 16.4 Å². The summed E-state index contributed by atoms with van der Waals surface area (Å²) in [6, 6.07) is 4.22. The van der Waals surface area contributed by atoms with Gasteiger partial charge in [-0.1, -0.05) is 28.8 Å².